The largest absolute Gasteiger partial charge is 0.462 e. The molecule has 1 heterocycles. The van der Waals surface area contributed by atoms with Crippen LogP contribution in [0.3, 0.4) is 0 Å². The normalized spacial score (nSPS) is 13.2. The molecular formula is C20H30N2O2. The number of hydrogen-bond acceptors (Lipinski definition) is 3. The second kappa shape index (κ2) is 7.84. The van der Waals surface area contributed by atoms with Crippen LogP contribution in [0.1, 0.15) is 53.1 Å². The van der Waals surface area contributed by atoms with E-state index in [0.29, 0.717) is 12.5 Å². The molecule has 2 aromatic rings. The molecule has 2 rings (SSSR count). The minimum absolute atomic E-state index is 0.106. The zero-order valence-corrected chi connectivity index (χ0v) is 15.7. The van der Waals surface area contributed by atoms with Crippen LogP contribution in [0.4, 0.5) is 0 Å². The van der Waals surface area contributed by atoms with Crippen molar-refractivity contribution in [2.45, 2.75) is 72.2 Å². The third kappa shape index (κ3) is 4.38. The van der Waals surface area contributed by atoms with Crippen molar-refractivity contribution in [1.29, 1.82) is 0 Å². The smallest absolute Gasteiger partial charge is 0.323 e. The van der Waals surface area contributed by atoms with Crippen LogP contribution >= 0.6 is 0 Å². The molecule has 4 nitrogen and oxygen atoms in total. The number of fused-ring (bicyclic) bond motifs is 1. The predicted octanol–water partition coefficient (Wildman–Crippen LogP) is 4.08. The summed E-state index contributed by atoms with van der Waals surface area (Å²) in [6, 6.07) is 8.63. The van der Waals surface area contributed by atoms with Crippen LogP contribution in [0.2, 0.25) is 0 Å². The van der Waals surface area contributed by atoms with Gasteiger partial charge in [0.05, 0.1) is 6.10 Å². The number of rotatable bonds is 7. The summed E-state index contributed by atoms with van der Waals surface area (Å²) in [4.78, 5) is 12.5. The Morgan fingerprint density at radius 1 is 1.12 bits per heavy atom. The lowest BCUT2D eigenvalue weighted by Crippen LogP contribution is -2.44. The second-order valence-electron chi connectivity index (χ2n) is 7.24. The Kier molecular flexibility index (Phi) is 6.05. The molecule has 0 unspecified atom stereocenters. The van der Waals surface area contributed by atoms with Crippen LogP contribution < -0.4 is 5.32 Å². The first-order valence-corrected chi connectivity index (χ1v) is 8.84. The highest BCUT2D eigenvalue weighted by atomic mass is 16.5. The maximum atomic E-state index is 12.5. The number of nitrogens with zero attached hydrogens (tertiary/aromatic N) is 1. The average Bonchev–Trinajstić information content (AvgIpc) is 2.84. The van der Waals surface area contributed by atoms with E-state index < -0.39 is 0 Å². The van der Waals surface area contributed by atoms with Crippen LogP contribution in [0.25, 0.3) is 10.9 Å². The van der Waals surface area contributed by atoms with Gasteiger partial charge in [-0.15, -0.1) is 0 Å². The van der Waals surface area contributed by atoms with Gasteiger partial charge in [-0.3, -0.25) is 4.79 Å². The highest BCUT2D eigenvalue weighted by Gasteiger charge is 2.24. The molecule has 0 aliphatic carbocycles. The second-order valence-corrected chi connectivity index (χ2v) is 7.24. The first-order valence-electron chi connectivity index (χ1n) is 8.84. The van der Waals surface area contributed by atoms with E-state index in [0.717, 1.165) is 0 Å². The number of aromatic nitrogens is 1. The number of para-hydroxylation sites is 1. The standard InChI is InChI=1S/C20H30N2O2/c1-13(2)21-18(20(23)24-15(5)6)11-16-12-22(14(3)4)19-10-8-7-9-17(16)19/h7-10,12-15,18,21H,11H2,1-6H3/t18-/m0/s1. The molecule has 0 saturated heterocycles. The average molecular weight is 330 g/mol. The predicted molar refractivity (Wildman–Crippen MR) is 99.3 cm³/mol. The van der Waals surface area contributed by atoms with Crippen molar-refractivity contribution in [3.63, 3.8) is 0 Å². The van der Waals surface area contributed by atoms with Gasteiger partial charge in [-0.25, -0.2) is 0 Å². The summed E-state index contributed by atoms with van der Waals surface area (Å²) in [7, 11) is 0. The van der Waals surface area contributed by atoms with Gasteiger partial charge in [0, 0.05) is 35.6 Å². The van der Waals surface area contributed by atoms with Crippen molar-refractivity contribution in [3.05, 3.63) is 36.0 Å². The Bertz CT molecular complexity index is 686. The highest BCUT2D eigenvalue weighted by molar-refractivity contribution is 5.85. The molecule has 0 saturated carbocycles. The van der Waals surface area contributed by atoms with Gasteiger partial charge in [0.1, 0.15) is 6.04 Å². The number of hydrogen-bond donors (Lipinski definition) is 1. The molecule has 0 aliphatic rings. The van der Waals surface area contributed by atoms with Crippen molar-refractivity contribution in [2.24, 2.45) is 0 Å². The molecule has 132 valence electrons. The molecule has 1 aromatic heterocycles. The number of carbonyl (C=O) groups is 1. The van der Waals surface area contributed by atoms with Crippen LogP contribution in [-0.4, -0.2) is 28.7 Å². The topological polar surface area (TPSA) is 43.3 Å². The van der Waals surface area contributed by atoms with Gasteiger partial charge in [0.2, 0.25) is 0 Å². The van der Waals surface area contributed by atoms with E-state index in [1.807, 2.05) is 33.8 Å². The summed E-state index contributed by atoms with van der Waals surface area (Å²) in [6.07, 6.45) is 2.70. The Labute approximate surface area is 145 Å². The van der Waals surface area contributed by atoms with Crippen LogP contribution in [-0.2, 0) is 16.0 Å². The van der Waals surface area contributed by atoms with Crippen molar-refractivity contribution in [3.8, 4) is 0 Å². The van der Waals surface area contributed by atoms with Crippen molar-refractivity contribution in [1.82, 2.24) is 9.88 Å². The first-order chi connectivity index (χ1) is 11.3. The lowest BCUT2D eigenvalue weighted by Gasteiger charge is -2.21. The highest BCUT2D eigenvalue weighted by Crippen LogP contribution is 2.26. The lowest BCUT2D eigenvalue weighted by molar-refractivity contribution is -0.150. The fourth-order valence-corrected chi connectivity index (χ4v) is 3.01. The van der Waals surface area contributed by atoms with Crippen LogP contribution in [0.5, 0.6) is 0 Å². The Morgan fingerprint density at radius 3 is 2.38 bits per heavy atom. The van der Waals surface area contributed by atoms with Crippen LogP contribution in [0.15, 0.2) is 30.5 Å². The molecule has 1 N–H and O–H groups in total. The maximum absolute atomic E-state index is 12.5. The molecule has 1 atom stereocenters. The molecule has 0 fully saturated rings. The number of esters is 1. The summed E-state index contributed by atoms with van der Waals surface area (Å²) >= 11 is 0. The van der Waals surface area contributed by atoms with E-state index in [1.165, 1.54) is 16.5 Å². The van der Waals surface area contributed by atoms with Crippen LogP contribution in [0, 0.1) is 0 Å². The van der Waals surface area contributed by atoms with Gasteiger partial charge in [-0.05, 0) is 39.3 Å². The van der Waals surface area contributed by atoms with E-state index in [2.05, 4.69) is 48.1 Å². The SMILES string of the molecule is CC(C)N[C@@H](Cc1cn(C(C)C)c2ccccc12)C(=O)OC(C)C. The molecule has 0 bridgehead atoms. The molecule has 0 aliphatic heterocycles. The van der Waals surface area contributed by atoms with E-state index in [9.17, 15) is 4.79 Å². The van der Waals surface area contributed by atoms with Gasteiger partial charge >= 0.3 is 5.97 Å². The zero-order valence-electron chi connectivity index (χ0n) is 15.7. The quantitative estimate of drug-likeness (QED) is 0.778. The van der Waals surface area contributed by atoms with E-state index in [-0.39, 0.29) is 24.2 Å². The summed E-state index contributed by atoms with van der Waals surface area (Å²) < 4.78 is 7.71. The summed E-state index contributed by atoms with van der Waals surface area (Å²) in [5, 5.41) is 4.56. The first kappa shape index (κ1) is 18.5. The van der Waals surface area contributed by atoms with Gasteiger partial charge in [-0.1, -0.05) is 32.0 Å². The minimum atomic E-state index is -0.334. The van der Waals surface area contributed by atoms with E-state index in [4.69, 9.17) is 4.74 Å². The third-order valence-electron chi connectivity index (χ3n) is 3.97. The molecule has 24 heavy (non-hydrogen) atoms. The fourth-order valence-electron chi connectivity index (χ4n) is 3.01. The molecular weight excluding hydrogens is 300 g/mol. The van der Waals surface area contributed by atoms with Gasteiger partial charge in [0.15, 0.2) is 0 Å². The van der Waals surface area contributed by atoms with Crippen molar-refractivity contribution < 1.29 is 9.53 Å². The fraction of sp³-hybridized carbons (Fsp3) is 0.550. The number of benzene rings is 1. The Morgan fingerprint density at radius 2 is 1.79 bits per heavy atom. The van der Waals surface area contributed by atoms with Gasteiger partial charge in [-0.2, -0.15) is 0 Å². The third-order valence-corrected chi connectivity index (χ3v) is 3.97. The number of carbonyl (C=O) groups excluding carboxylic acids is 1. The molecule has 0 radical (unpaired) electrons. The minimum Gasteiger partial charge on any atom is -0.462 e. The van der Waals surface area contributed by atoms with Crippen molar-refractivity contribution >= 4 is 16.9 Å². The Balaban J connectivity index is 2.35. The van der Waals surface area contributed by atoms with E-state index in [1.54, 1.807) is 0 Å². The molecule has 0 spiro atoms. The van der Waals surface area contributed by atoms with Gasteiger partial charge < -0.3 is 14.6 Å². The monoisotopic (exact) mass is 330 g/mol. The zero-order chi connectivity index (χ0) is 17.9. The summed E-state index contributed by atoms with van der Waals surface area (Å²) in [5.74, 6) is -0.180. The Hall–Kier alpha value is -1.81. The summed E-state index contributed by atoms with van der Waals surface area (Å²) in [6.45, 7) is 12.2. The molecule has 1 aromatic carbocycles. The summed E-state index contributed by atoms with van der Waals surface area (Å²) in [5.41, 5.74) is 2.39. The number of ether oxygens (including phenoxy) is 1. The molecule has 0 amide bonds. The molecule has 4 heteroatoms. The van der Waals surface area contributed by atoms with E-state index >= 15 is 0 Å². The number of nitrogens with one attached hydrogen (secondary N) is 1. The maximum Gasteiger partial charge on any atom is 0.323 e. The van der Waals surface area contributed by atoms with Gasteiger partial charge in [0.25, 0.3) is 0 Å². The van der Waals surface area contributed by atoms with Crippen molar-refractivity contribution in [2.75, 3.05) is 0 Å². The lowest BCUT2D eigenvalue weighted by atomic mass is 10.0.